The largest absolute Gasteiger partial charge is 0.423 e. The van der Waals surface area contributed by atoms with Crippen molar-refractivity contribution < 1.29 is 4.42 Å². The molecular formula is C17H22O2. The molecule has 0 aliphatic rings. The van der Waals surface area contributed by atoms with Crippen LogP contribution in [0, 0.1) is 0 Å². The van der Waals surface area contributed by atoms with Crippen LogP contribution in [0.3, 0.4) is 0 Å². The third-order valence-electron chi connectivity index (χ3n) is 3.41. The first kappa shape index (κ1) is 13.9. The van der Waals surface area contributed by atoms with Gasteiger partial charge in [0.1, 0.15) is 5.58 Å². The monoisotopic (exact) mass is 258 g/mol. The lowest BCUT2D eigenvalue weighted by atomic mass is 9.85. The topological polar surface area (TPSA) is 30.2 Å². The summed E-state index contributed by atoms with van der Waals surface area (Å²) in [6, 6.07) is 8.07. The van der Waals surface area contributed by atoms with E-state index in [1.54, 1.807) is 0 Å². The van der Waals surface area contributed by atoms with Gasteiger partial charge in [0.15, 0.2) is 0 Å². The fraction of sp³-hybridized carbons (Fsp3) is 0.471. The Morgan fingerprint density at radius 2 is 1.53 bits per heavy atom. The smallest absolute Gasteiger partial charge is 0.339 e. The Balaban J connectivity index is 2.69. The Morgan fingerprint density at radius 1 is 0.895 bits per heavy atom. The molecule has 19 heavy (non-hydrogen) atoms. The summed E-state index contributed by atoms with van der Waals surface area (Å²) in [7, 11) is 0. The molecule has 0 fully saturated rings. The average molecular weight is 258 g/mol. The lowest BCUT2D eigenvalue weighted by Gasteiger charge is -2.20. The van der Waals surface area contributed by atoms with Crippen molar-refractivity contribution in [1.82, 2.24) is 0 Å². The maximum absolute atomic E-state index is 12.1. The van der Waals surface area contributed by atoms with Crippen LogP contribution in [0.1, 0.15) is 52.7 Å². The highest BCUT2D eigenvalue weighted by molar-refractivity contribution is 5.78. The molecule has 0 atom stereocenters. The zero-order chi connectivity index (χ0) is 14.4. The molecule has 1 aromatic heterocycles. The van der Waals surface area contributed by atoms with Gasteiger partial charge in [-0.1, -0.05) is 53.7 Å². The normalized spacial score (nSPS) is 12.9. The van der Waals surface area contributed by atoms with Crippen molar-refractivity contribution in [1.29, 1.82) is 0 Å². The van der Waals surface area contributed by atoms with Gasteiger partial charge in [0.05, 0.1) is 0 Å². The summed E-state index contributed by atoms with van der Waals surface area (Å²) in [6.07, 6.45) is 0. The van der Waals surface area contributed by atoms with Crippen molar-refractivity contribution >= 4 is 11.0 Å². The summed E-state index contributed by atoms with van der Waals surface area (Å²) in [5, 5.41) is 0.984. The van der Waals surface area contributed by atoms with E-state index in [2.05, 4.69) is 26.8 Å². The van der Waals surface area contributed by atoms with Crippen molar-refractivity contribution in [3.63, 3.8) is 0 Å². The highest BCUT2D eigenvalue weighted by atomic mass is 16.4. The minimum Gasteiger partial charge on any atom is -0.423 e. The molecule has 2 aromatic rings. The predicted molar refractivity (Wildman–Crippen MR) is 79.9 cm³/mol. The second-order valence-electron chi connectivity index (χ2n) is 7.20. The zero-order valence-corrected chi connectivity index (χ0v) is 12.6. The van der Waals surface area contributed by atoms with Crippen LogP contribution in [-0.4, -0.2) is 0 Å². The first-order valence-corrected chi connectivity index (χ1v) is 6.68. The molecule has 0 N–H and O–H groups in total. The second-order valence-corrected chi connectivity index (χ2v) is 7.20. The second kappa shape index (κ2) is 4.22. The lowest BCUT2D eigenvalue weighted by Crippen LogP contribution is -2.21. The van der Waals surface area contributed by atoms with Crippen molar-refractivity contribution in [3.05, 3.63) is 45.8 Å². The van der Waals surface area contributed by atoms with Crippen LogP contribution in [0.15, 0.2) is 33.5 Å². The fourth-order valence-electron chi connectivity index (χ4n) is 2.10. The molecule has 0 radical (unpaired) electrons. The van der Waals surface area contributed by atoms with E-state index in [9.17, 15) is 4.79 Å². The van der Waals surface area contributed by atoms with Crippen LogP contribution in [0.4, 0.5) is 0 Å². The molecule has 1 heterocycles. The lowest BCUT2D eigenvalue weighted by molar-refractivity contribution is 0.500. The van der Waals surface area contributed by atoms with E-state index in [-0.39, 0.29) is 16.5 Å². The third kappa shape index (κ3) is 2.73. The Morgan fingerprint density at radius 3 is 2.05 bits per heavy atom. The summed E-state index contributed by atoms with van der Waals surface area (Å²) in [6.45, 7) is 12.5. The van der Waals surface area contributed by atoms with E-state index < -0.39 is 0 Å². The Hall–Kier alpha value is -1.57. The Kier molecular flexibility index (Phi) is 3.08. The molecule has 0 aliphatic carbocycles. The summed E-state index contributed by atoms with van der Waals surface area (Å²) in [4.78, 5) is 12.1. The van der Waals surface area contributed by atoms with Gasteiger partial charge in [0.25, 0.3) is 0 Å². The van der Waals surface area contributed by atoms with Gasteiger partial charge < -0.3 is 4.42 Å². The molecule has 0 saturated heterocycles. The highest BCUT2D eigenvalue weighted by Crippen LogP contribution is 2.27. The molecule has 0 saturated carbocycles. The molecule has 0 unspecified atom stereocenters. The number of benzene rings is 1. The van der Waals surface area contributed by atoms with E-state index in [0.717, 1.165) is 10.9 Å². The average Bonchev–Trinajstić information content (AvgIpc) is 2.24. The summed E-state index contributed by atoms with van der Waals surface area (Å²) >= 11 is 0. The number of fused-ring (bicyclic) bond motifs is 1. The molecule has 2 heteroatoms. The highest BCUT2D eigenvalue weighted by Gasteiger charge is 2.20. The van der Waals surface area contributed by atoms with E-state index >= 15 is 0 Å². The molecule has 0 spiro atoms. The minimum atomic E-state index is -0.231. The minimum absolute atomic E-state index is 0.0510. The predicted octanol–water partition coefficient (Wildman–Crippen LogP) is 4.39. The van der Waals surface area contributed by atoms with Gasteiger partial charge in [0.2, 0.25) is 0 Å². The molecule has 0 bridgehead atoms. The van der Waals surface area contributed by atoms with Gasteiger partial charge in [-0.2, -0.15) is 0 Å². The van der Waals surface area contributed by atoms with Crippen LogP contribution in [0.25, 0.3) is 11.0 Å². The zero-order valence-electron chi connectivity index (χ0n) is 12.6. The Bertz CT molecular complexity index is 664. The molecule has 1 aromatic carbocycles. The number of hydrogen-bond acceptors (Lipinski definition) is 2. The molecule has 2 rings (SSSR count). The quantitative estimate of drug-likeness (QED) is 0.656. The first-order chi connectivity index (χ1) is 8.59. The van der Waals surface area contributed by atoms with Gasteiger partial charge in [-0.3, -0.25) is 0 Å². The maximum Gasteiger partial charge on any atom is 0.339 e. The maximum atomic E-state index is 12.1. The molecule has 102 valence electrons. The van der Waals surface area contributed by atoms with Gasteiger partial charge in [-0.25, -0.2) is 4.79 Å². The van der Waals surface area contributed by atoms with E-state index in [0.29, 0.717) is 5.58 Å². The van der Waals surface area contributed by atoms with Gasteiger partial charge in [-0.05, 0) is 28.5 Å². The van der Waals surface area contributed by atoms with E-state index in [1.165, 1.54) is 5.56 Å². The SMILES string of the molecule is CC(C)(C)c1ccc2cc(C(C)(C)C)c(=O)oc2c1. The van der Waals surface area contributed by atoms with E-state index in [1.807, 2.05) is 39.0 Å². The van der Waals surface area contributed by atoms with Crippen molar-refractivity contribution in [2.24, 2.45) is 0 Å². The molecule has 2 nitrogen and oxygen atoms in total. The summed E-state index contributed by atoms with van der Waals surface area (Å²) in [5.74, 6) is 0. The Labute approximate surface area is 114 Å². The van der Waals surface area contributed by atoms with Gasteiger partial charge in [0, 0.05) is 10.9 Å². The van der Waals surface area contributed by atoms with Crippen LogP contribution >= 0.6 is 0 Å². The summed E-state index contributed by atoms with van der Waals surface area (Å²) < 4.78 is 5.50. The van der Waals surface area contributed by atoms with E-state index in [4.69, 9.17) is 4.42 Å². The van der Waals surface area contributed by atoms with Crippen LogP contribution < -0.4 is 5.63 Å². The number of hydrogen-bond donors (Lipinski definition) is 0. The molecular weight excluding hydrogens is 236 g/mol. The van der Waals surface area contributed by atoms with Gasteiger partial charge >= 0.3 is 5.63 Å². The van der Waals surface area contributed by atoms with Crippen molar-refractivity contribution in [2.75, 3.05) is 0 Å². The van der Waals surface area contributed by atoms with Crippen molar-refractivity contribution in [2.45, 2.75) is 52.4 Å². The van der Waals surface area contributed by atoms with Crippen LogP contribution in [0.2, 0.25) is 0 Å². The summed E-state index contributed by atoms with van der Waals surface area (Å²) in [5.41, 5.74) is 2.19. The van der Waals surface area contributed by atoms with Gasteiger partial charge in [-0.15, -0.1) is 0 Å². The fourth-order valence-corrected chi connectivity index (χ4v) is 2.10. The standard InChI is InChI=1S/C17H22O2/c1-16(2,3)12-8-7-11-9-13(17(4,5)6)15(18)19-14(11)10-12/h7-10H,1-6H3. The van der Waals surface area contributed by atoms with Crippen molar-refractivity contribution in [3.8, 4) is 0 Å². The van der Waals surface area contributed by atoms with Crippen LogP contribution in [0.5, 0.6) is 0 Å². The number of rotatable bonds is 0. The first-order valence-electron chi connectivity index (χ1n) is 6.68. The third-order valence-corrected chi connectivity index (χ3v) is 3.41. The molecule has 0 aliphatic heterocycles. The molecule has 0 amide bonds. The van der Waals surface area contributed by atoms with Crippen LogP contribution in [-0.2, 0) is 10.8 Å².